The number of benzene rings is 2. The molecule has 0 aliphatic carbocycles. The predicted octanol–water partition coefficient (Wildman–Crippen LogP) is 3.01. The Labute approximate surface area is 139 Å². The average molecular weight is 335 g/mol. The van der Waals surface area contributed by atoms with E-state index in [1.807, 2.05) is 30.3 Å². The normalized spacial score (nSPS) is 13.4. The van der Waals surface area contributed by atoms with Crippen molar-refractivity contribution in [2.24, 2.45) is 0 Å². The van der Waals surface area contributed by atoms with E-state index in [4.69, 9.17) is 0 Å². The number of carbonyl (C=O) groups excluding carboxylic acids is 1. The van der Waals surface area contributed by atoms with E-state index in [-0.39, 0.29) is 11.3 Å². The van der Waals surface area contributed by atoms with Crippen LogP contribution in [0.15, 0.2) is 54.6 Å². The lowest BCUT2D eigenvalue weighted by Crippen LogP contribution is -2.42. The van der Waals surface area contributed by atoms with Crippen LogP contribution in [-0.4, -0.2) is 29.8 Å². The van der Waals surface area contributed by atoms with Crippen molar-refractivity contribution in [2.75, 3.05) is 0 Å². The molecule has 0 fully saturated rings. The fraction of sp³-hybridized carbons (Fsp3) is 0.278. The number of rotatable bonds is 7. The van der Waals surface area contributed by atoms with Crippen LogP contribution in [0.4, 0.5) is 8.78 Å². The Bertz CT molecular complexity index is 664. The Balaban J connectivity index is 1.95. The van der Waals surface area contributed by atoms with Crippen LogP contribution < -0.4 is 10.1 Å². The molecule has 0 aromatic heterocycles. The van der Waals surface area contributed by atoms with E-state index in [1.54, 1.807) is 6.92 Å². The average Bonchev–Trinajstić information content (AvgIpc) is 2.55. The number of aliphatic hydroxyl groups is 1. The van der Waals surface area contributed by atoms with Gasteiger partial charge in [0, 0.05) is 12.0 Å². The molecular formula is C18H19F2NO3. The summed E-state index contributed by atoms with van der Waals surface area (Å²) >= 11 is 0. The largest absolute Gasteiger partial charge is 0.435 e. The van der Waals surface area contributed by atoms with Crippen molar-refractivity contribution < 1.29 is 23.4 Å². The van der Waals surface area contributed by atoms with E-state index in [1.165, 1.54) is 24.3 Å². The standard InChI is InChI=1S/C18H19F2NO3/c1-12(16(22)10-13-6-3-2-4-7-13)21-17(23)14-8-5-9-15(11-14)24-18(19)20/h2-9,11-12,16,18,22H,10H2,1H3,(H,21,23). The molecule has 0 spiro atoms. The number of nitrogens with one attached hydrogen (secondary N) is 1. The van der Waals surface area contributed by atoms with Crippen LogP contribution in [0.1, 0.15) is 22.8 Å². The molecule has 2 aromatic carbocycles. The monoisotopic (exact) mass is 335 g/mol. The molecule has 0 bridgehead atoms. The minimum absolute atomic E-state index is 0.0878. The van der Waals surface area contributed by atoms with Gasteiger partial charge >= 0.3 is 6.61 Å². The van der Waals surface area contributed by atoms with Crippen molar-refractivity contribution in [3.8, 4) is 5.75 Å². The topological polar surface area (TPSA) is 58.6 Å². The van der Waals surface area contributed by atoms with Crippen LogP contribution in [0.3, 0.4) is 0 Å². The lowest BCUT2D eigenvalue weighted by Gasteiger charge is -2.20. The maximum atomic E-state index is 12.2. The molecule has 0 aliphatic heterocycles. The summed E-state index contributed by atoms with van der Waals surface area (Å²) < 4.78 is 28.7. The molecule has 2 aromatic rings. The maximum Gasteiger partial charge on any atom is 0.387 e. The lowest BCUT2D eigenvalue weighted by atomic mass is 10.0. The third-order valence-electron chi connectivity index (χ3n) is 3.54. The number of carbonyl (C=O) groups is 1. The number of hydrogen-bond donors (Lipinski definition) is 2. The highest BCUT2D eigenvalue weighted by Crippen LogP contribution is 2.16. The molecule has 2 N–H and O–H groups in total. The molecule has 4 nitrogen and oxygen atoms in total. The molecule has 1 amide bonds. The minimum atomic E-state index is -2.95. The molecule has 2 atom stereocenters. The van der Waals surface area contributed by atoms with Gasteiger partial charge in [-0.2, -0.15) is 8.78 Å². The predicted molar refractivity (Wildman–Crippen MR) is 86.2 cm³/mol. The van der Waals surface area contributed by atoms with Gasteiger partial charge in [-0.1, -0.05) is 36.4 Å². The fourth-order valence-electron chi connectivity index (χ4n) is 2.23. The third-order valence-corrected chi connectivity index (χ3v) is 3.54. The van der Waals surface area contributed by atoms with E-state index >= 15 is 0 Å². The summed E-state index contributed by atoms with van der Waals surface area (Å²) in [5.41, 5.74) is 1.14. The van der Waals surface area contributed by atoms with Gasteiger partial charge in [-0.15, -0.1) is 0 Å². The van der Waals surface area contributed by atoms with Gasteiger partial charge in [0.1, 0.15) is 5.75 Å². The summed E-state index contributed by atoms with van der Waals surface area (Å²) in [6.45, 7) is -1.26. The second kappa shape index (κ2) is 8.40. The Morgan fingerprint density at radius 1 is 1.17 bits per heavy atom. The Morgan fingerprint density at radius 3 is 2.54 bits per heavy atom. The number of aliphatic hydroxyl groups excluding tert-OH is 1. The van der Waals surface area contributed by atoms with Crippen molar-refractivity contribution >= 4 is 5.91 Å². The highest BCUT2D eigenvalue weighted by Gasteiger charge is 2.18. The summed E-state index contributed by atoms with van der Waals surface area (Å²) in [5.74, 6) is -0.551. The molecule has 0 radical (unpaired) electrons. The van der Waals surface area contributed by atoms with Gasteiger partial charge in [0.15, 0.2) is 0 Å². The number of hydrogen-bond acceptors (Lipinski definition) is 3. The summed E-state index contributed by atoms with van der Waals surface area (Å²) in [4.78, 5) is 12.2. The van der Waals surface area contributed by atoms with Crippen LogP contribution in [0.25, 0.3) is 0 Å². The zero-order valence-corrected chi connectivity index (χ0v) is 13.2. The van der Waals surface area contributed by atoms with Crippen LogP contribution in [0, 0.1) is 0 Å². The fourth-order valence-corrected chi connectivity index (χ4v) is 2.23. The van der Waals surface area contributed by atoms with Gasteiger partial charge in [-0.05, 0) is 30.7 Å². The van der Waals surface area contributed by atoms with Crippen molar-refractivity contribution in [3.05, 3.63) is 65.7 Å². The molecule has 0 heterocycles. The summed E-state index contributed by atoms with van der Waals surface area (Å²) in [5, 5.41) is 12.9. The van der Waals surface area contributed by atoms with Gasteiger partial charge in [0.2, 0.25) is 0 Å². The first-order chi connectivity index (χ1) is 11.5. The van der Waals surface area contributed by atoms with Gasteiger partial charge in [-0.25, -0.2) is 0 Å². The van der Waals surface area contributed by atoms with E-state index in [0.29, 0.717) is 6.42 Å². The Morgan fingerprint density at radius 2 is 1.88 bits per heavy atom. The summed E-state index contributed by atoms with van der Waals surface area (Å²) in [6, 6.07) is 14.4. The summed E-state index contributed by atoms with van der Waals surface area (Å²) in [6.07, 6.45) is -0.367. The molecule has 0 aliphatic rings. The highest BCUT2D eigenvalue weighted by atomic mass is 19.3. The summed E-state index contributed by atoms with van der Waals surface area (Å²) in [7, 11) is 0. The van der Waals surface area contributed by atoms with Crippen molar-refractivity contribution in [2.45, 2.75) is 32.1 Å². The zero-order valence-electron chi connectivity index (χ0n) is 13.2. The van der Waals surface area contributed by atoms with Crippen LogP contribution in [0.2, 0.25) is 0 Å². The first-order valence-electron chi connectivity index (χ1n) is 7.53. The molecular weight excluding hydrogens is 316 g/mol. The lowest BCUT2D eigenvalue weighted by molar-refractivity contribution is -0.0498. The molecule has 2 rings (SSSR count). The maximum absolute atomic E-state index is 12.2. The van der Waals surface area contributed by atoms with Gasteiger partial charge < -0.3 is 15.2 Å². The van der Waals surface area contributed by atoms with E-state index in [2.05, 4.69) is 10.1 Å². The number of ether oxygens (including phenoxy) is 1. The molecule has 0 saturated heterocycles. The SMILES string of the molecule is CC(NC(=O)c1cccc(OC(F)F)c1)C(O)Cc1ccccc1. The van der Waals surface area contributed by atoms with E-state index in [9.17, 15) is 18.7 Å². The van der Waals surface area contributed by atoms with E-state index < -0.39 is 24.7 Å². The van der Waals surface area contributed by atoms with Gasteiger partial charge in [0.25, 0.3) is 5.91 Å². The van der Waals surface area contributed by atoms with Crippen LogP contribution in [0.5, 0.6) is 5.75 Å². The minimum Gasteiger partial charge on any atom is -0.435 e. The third kappa shape index (κ3) is 5.31. The Kier molecular flexibility index (Phi) is 6.26. The van der Waals surface area contributed by atoms with Crippen molar-refractivity contribution in [1.29, 1.82) is 0 Å². The second-order valence-electron chi connectivity index (χ2n) is 5.43. The first-order valence-corrected chi connectivity index (χ1v) is 7.53. The van der Waals surface area contributed by atoms with Crippen molar-refractivity contribution in [3.63, 3.8) is 0 Å². The van der Waals surface area contributed by atoms with Gasteiger partial charge in [0.05, 0.1) is 12.1 Å². The quantitative estimate of drug-likeness (QED) is 0.818. The number of amides is 1. The second-order valence-corrected chi connectivity index (χ2v) is 5.43. The van der Waals surface area contributed by atoms with E-state index in [0.717, 1.165) is 5.56 Å². The molecule has 24 heavy (non-hydrogen) atoms. The van der Waals surface area contributed by atoms with Crippen LogP contribution in [-0.2, 0) is 6.42 Å². The number of alkyl halides is 2. The Hall–Kier alpha value is -2.47. The van der Waals surface area contributed by atoms with Crippen LogP contribution >= 0.6 is 0 Å². The number of halogens is 2. The van der Waals surface area contributed by atoms with Crippen molar-refractivity contribution in [1.82, 2.24) is 5.32 Å². The molecule has 6 heteroatoms. The highest BCUT2D eigenvalue weighted by molar-refractivity contribution is 5.94. The zero-order chi connectivity index (χ0) is 17.5. The molecule has 0 saturated carbocycles. The molecule has 2 unspecified atom stereocenters. The smallest absolute Gasteiger partial charge is 0.387 e. The molecule has 128 valence electrons. The first kappa shape index (κ1) is 17.9. The van der Waals surface area contributed by atoms with Gasteiger partial charge in [-0.3, -0.25) is 4.79 Å².